The molecule has 0 aliphatic carbocycles. The van der Waals surface area contributed by atoms with Crippen LogP contribution in [0.1, 0.15) is 32.3 Å². The van der Waals surface area contributed by atoms with Gasteiger partial charge in [-0.2, -0.15) is 4.31 Å². The molecule has 1 aromatic rings. The summed E-state index contributed by atoms with van der Waals surface area (Å²) in [4.78, 5) is 0.215. The quantitative estimate of drug-likeness (QED) is 0.854. The van der Waals surface area contributed by atoms with Crippen molar-refractivity contribution in [2.45, 2.75) is 44.0 Å². The van der Waals surface area contributed by atoms with Crippen LogP contribution in [0.5, 0.6) is 0 Å². The van der Waals surface area contributed by atoms with E-state index in [-0.39, 0.29) is 10.4 Å². The van der Waals surface area contributed by atoms with Gasteiger partial charge in [0.05, 0.1) is 4.90 Å². The van der Waals surface area contributed by atoms with Crippen molar-refractivity contribution in [2.24, 2.45) is 0 Å². The zero-order chi connectivity index (χ0) is 14.4. The molecule has 0 amide bonds. The van der Waals surface area contributed by atoms with Crippen molar-refractivity contribution in [3.8, 4) is 0 Å². The normalized spacial score (nSPS) is 19.8. The van der Waals surface area contributed by atoms with Crippen LogP contribution in [0.15, 0.2) is 17.0 Å². The molecule has 1 aromatic carbocycles. The lowest BCUT2D eigenvalue weighted by Gasteiger charge is -2.31. The van der Waals surface area contributed by atoms with E-state index in [9.17, 15) is 8.42 Å². The van der Waals surface area contributed by atoms with Crippen LogP contribution in [-0.2, 0) is 10.0 Å². The van der Waals surface area contributed by atoms with Crippen molar-refractivity contribution in [3.05, 3.63) is 22.7 Å². The van der Waals surface area contributed by atoms with Crippen LogP contribution in [0.25, 0.3) is 0 Å². The first-order chi connectivity index (χ1) is 8.66. The van der Waals surface area contributed by atoms with E-state index >= 15 is 0 Å². The van der Waals surface area contributed by atoms with Crippen molar-refractivity contribution in [1.29, 1.82) is 0 Å². The fourth-order valence-corrected chi connectivity index (χ4v) is 5.01. The third-order valence-electron chi connectivity index (χ3n) is 3.76. The molecule has 6 heteroatoms. The Morgan fingerprint density at radius 2 is 2.00 bits per heavy atom. The Kier molecular flexibility index (Phi) is 3.58. The first kappa shape index (κ1) is 14.6. The van der Waals surface area contributed by atoms with Gasteiger partial charge in [0, 0.05) is 22.8 Å². The molecule has 0 atom stereocenters. The molecule has 0 bridgehead atoms. The molecule has 1 aliphatic heterocycles. The molecule has 0 aromatic heterocycles. The zero-order valence-corrected chi connectivity index (χ0v) is 13.0. The molecule has 106 valence electrons. The standard InChI is InChI=1S/C13H19ClN2O2S/c1-9-11(15)7-10(14)8-12(9)19(17,18)16-6-4-5-13(16,2)3/h7-8H,4-6,15H2,1-3H3. The van der Waals surface area contributed by atoms with Gasteiger partial charge in [-0.1, -0.05) is 11.6 Å². The molecule has 0 saturated carbocycles. The summed E-state index contributed by atoms with van der Waals surface area (Å²) in [6.45, 7) is 6.14. The Balaban J connectivity index is 2.58. The highest BCUT2D eigenvalue weighted by Gasteiger charge is 2.41. The minimum atomic E-state index is -3.55. The van der Waals surface area contributed by atoms with E-state index in [0.29, 0.717) is 22.8 Å². The summed E-state index contributed by atoms with van der Waals surface area (Å²) in [7, 11) is -3.55. The number of nitrogens with zero attached hydrogens (tertiary/aromatic N) is 1. The van der Waals surface area contributed by atoms with E-state index in [4.69, 9.17) is 17.3 Å². The molecule has 0 spiro atoms. The smallest absolute Gasteiger partial charge is 0.243 e. The highest BCUT2D eigenvalue weighted by molar-refractivity contribution is 7.89. The summed E-state index contributed by atoms with van der Waals surface area (Å²) >= 11 is 5.94. The summed E-state index contributed by atoms with van der Waals surface area (Å²) in [6.07, 6.45) is 1.74. The molecular weight excluding hydrogens is 284 g/mol. The molecule has 0 radical (unpaired) electrons. The topological polar surface area (TPSA) is 63.4 Å². The Hall–Kier alpha value is -0.780. The molecule has 4 nitrogen and oxygen atoms in total. The largest absolute Gasteiger partial charge is 0.398 e. The van der Waals surface area contributed by atoms with Gasteiger partial charge in [-0.15, -0.1) is 0 Å². The molecule has 1 heterocycles. The summed E-state index contributed by atoms with van der Waals surface area (Å²) in [6, 6.07) is 3.06. The van der Waals surface area contributed by atoms with E-state index in [1.807, 2.05) is 13.8 Å². The average Bonchev–Trinajstić information content (AvgIpc) is 2.63. The third-order valence-corrected chi connectivity index (χ3v) is 6.21. The van der Waals surface area contributed by atoms with Crippen molar-refractivity contribution in [3.63, 3.8) is 0 Å². The van der Waals surface area contributed by atoms with Crippen LogP contribution in [0, 0.1) is 6.92 Å². The monoisotopic (exact) mass is 302 g/mol. The second-order valence-corrected chi connectivity index (χ2v) is 7.88. The minimum Gasteiger partial charge on any atom is -0.398 e. The van der Waals surface area contributed by atoms with Gasteiger partial charge in [0.1, 0.15) is 0 Å². The summed E-state index contributed by atoms with van der Waals surface area (Å²) in [5.74, 6) is 0. The summed E-state index contributed by atoms with van der Waals surface area (Å²) in [5.41, 5.74) is 6.43. The van der Waals surface area contributed by atoms with Gasteiger partial charge in [-0.3, -0.25) is 0 Å². The Morgan fingerprint density at radius 3 is 2.53 bits per heavy atom. The van der Waals surface area contributed by atoms with Crippen molar-refractivity contribution < 1.29 is 8.42 Å². The minimum absolute atomic E-state index is 0.215. The first-order valence-corrected chi connectivity index (χ1v) is 8.06. The van der Waals surface area contributed by atoms with E-state index in [1.54, 1.807) is 17.3 Å². The SMILES string of the molecule is Cc1c(N)cc(Cl)cc1S(=O)(=O)N1CCCC1(C)C. The maximum Gasteiger partial charge on any atom is 0.243 e. The molecule has 0 unspecified atom stereocenters. The number of benzene rings is 1. The highest BCUT2D eigenvalue weighted by atomic mass is 35.5. The van der Waals surface area contributed by atoms with Crippen LogP contribution >= 0.6 is 11.6 Å². The lowest BCUT2D eigenvalue weighted by atomic mass is 10.0. The van der Waals surface area contributed by atoms with Crippen molar-refractivity contribution in [1.82, 2.24) is 4.31 Å². The molecule has 19 heavy (non-hydrogen) atoms. The van der Waals surface area contributed by atoms with E-state index in [1.165, 1.54) is 6.07 Å². The number of nitrogens with two attached hydrogens (primary N) is 1. The van der Waals surface area contributed by atoms with Crippen molar-refractivity contribution >= 4 is 27.3 Å². The number of nitrogen functional groups attached to an aromatic ring is 1. The van der Waals surface area contributed by atoms with E-state index in [0.717, 1.165) is 12.8 Å². The average molecular weight is 303 g/mol. The number of hydrogen-bond donors (Lipinski definition) is 1. The predicted octanol–water partition coefficient (Wildman–Crippen LogP) is 2.79. The third kappa shape index (κ3) is 2.47. The zero-order valence-electron chi connectivity index (χ0n) is 11.4. The second kappa shape index (κ2) is 4.65. The van der Waals surface area contributed by atoms with Crippen LogP contribution in [0.3, 0.4) is 0 Å². The second-order valence-electron chi connectivity index (χ2n) is 5.61. The number of rotatable bonds is 2. The molecule has 1 aliphatic rings. The van der Waals surface area contributed by atoms with Crippen LogP contribution in [0.2, 0.25) is 5.02 Å². The van der Waals surface area contributed by atoms with Crippen LogP contribution in [-0.4, -0.2) is 24.8 Å². The number of anilines is 1. The summed E-state index contributed by atoms with van der Waals surface area (Å²) < 4.78 is 27.1. The lowest BCUT2D eigenvalue weighted by Crippen LogP contribution is -2.42. The Labute approximate surface area is 119 Å². The molecule has 1 fully saturated rings. The van der Waals surface area contributed by atoms with E-state index < -0.39 is 10.0 Å². The predicted molar refractivity (Wildman–Crippen MR) is 77.8 cm³/mol. The number of hydrogen-bond acceptors (Lipinski definition) is 3. The molecule has 1 saturated heterocycles. The summed E-state index contributed by atoms with van der Waals surface area (Å²) in [5, 5.41) is 0.346. The van der Waals surface area contributed by atoms with E-state index in [2.05, 4.69) is 0 Å². The molecule has 2 N–H and O–H groups in total. The fraction of sp³-hybridized carbons (Fsp3) is 0.538. The van der Waals surface area contributed by atoms with Gasteiger partial charge in [0.2, 0.25) is 10.0 Å². The first-order valence-electron chi connectivity index (χ1n) is 6.25. The number of sulfonamides is 1. The Morgan fingerprint density at radius 1 is 1.37 bits per heavy atom. The van der Waals surface area contributed by atoms with Gasteiger partial charge in [-0.25, -0.2) is 8.42 Å². The van der Waals surface area contributed by atoms with Gasteiger partial charge in [0.25, 0.3) is 0 Å². The van der Waals surface area contributed by atoms with Gasteiger partial charge in [-0.05, 0) is 51.3 Å². The number of halogens is 1. The molecular formula is C13H19ClN2O2S. The van der Waals surface area contributed by atoms with Gasteiger partial charge >= 0.3 is 0 Å². The lowest BCUT2D eigenvalue weighted by molar-refractivity contribution is 0.291. The van der Waals surface area contributed by atoms with Gasteiger partial charge < -0.3 is 5.73 Å². The van der Waals surface area contributed by atoms with Gasteiger partial charge in [0.15, 0.2) is 0 Å². The Bertz CT molecular complexity index is 611. The highest BCUT2D eigenvalue weighted by Crippen LogP contribution is 2.36. The fourth-order valence-electron chi connectivity index (χ4n) is 2.59. The van der Waals surface area contributed by atoms with Crippen LogP contribution < -0.4 is 5.73 Å². The maximum absolute atomic E-state index is 12.8. The maximum atomic E-state index is 12.8. The van der Waals surface area contributed by atoms with Crippen molar-refractivity contribution in [2.75, 3.05) is 12.3 Å². The van der Waals surface area contributed by atoms with Crippen LogP contribution in [0.4, 0.5) is 5.69 Å². The molecule has 2 rings (SSSR count).